The first-order chi connectivity index (χ1) is 18.2. The van der Waals surface area contributed by atoms with E-state index in [1.54, 1.807) is 38.5 Å². The van der Waals surface area contributed by atoms with Crippen molar-refractivity contribution in [2.75, 3.05) is 80.5 Å². The van der Waals surface area contributed by atoms with Crippen LogP contribution >= 0.6 is 0 Å². The molecule has 4 nitrogen and oxygen atoms in total. The molecule has 0 aromatic rings. The van der Waals surface area contributed by atoms with Crippen molar-refractivity contribution < 1.29 is 0 Å². The van der Waals surface area contributed by atoms with E-state index in [-0.39, 0.29) is 0 Å². The van der Waals surface area contributed by atoms with E-state index < -0.39 is 0 Å². The highest BCUT2D eigenvalue weighted by atomic mass is 15.1. The maximum Gasteiger partial charge on any atom is -0.00189 e. The fourth-order valence-electron chi connectivity index (χ4n) is 13.2. The quantitative estimate of drug-likeness (QED) is 0.469. The number of nitrogens with zero attached hydrogens (tertiary/aromatic N) is 4. The summed E-state index contributed by atoms with van der Waals surface area (Å²) in [5.74, 6) is 4.01. The van der Waals surface area contributed by atoms with Crippen LogP contribution in [0.4, 0.5) is 0 Å². The number of likely N-dealkylation sites (tertiary alicyclic amines) is 4. The van der Waals surface area contributed by atoms with Crippen molar-refractivity contribution in [2.24, 2.45) is 45.3 Å². The standard InChI is InChI=1S/C34H60N4/c1-35-13-5-27(6-14-35)31-21-32(28-7-15-36(2)16-8-28)24-33(22-31,29-9-17-37(3)18-10-29)26-34(23-31,25-32)30-11-19-38(4)20-12-30/h27-30H,5-26H2,1-4H3. The lowest BCUT2D eigenvalue weighted by Gasteiger charge is -2.77. The third kappa shape index (κ3) is 4.36. The van der Waals surface area contributed by atoms with Gasteiger partial charge < -0.3 is 19.6 Å². The molecule has 4 bridgehead atoms. The Morgan fingerprint density at radius 3 is 0.632 bits per heavy atom. The van der Waals surface area contributed by atoms with Gasteiger partial charge in [0.15, 0.2) is 0 Å². The van der Waals surface area contributed by atoms with Crippen LogP contribution in [0.15, 0.2) is 0 Å². The summed E-state index contributed by atoms with van der Waals surface area (Å²) in [4.78, 5) is 10.6. The van der Waals surface area contributed by atoms with Gasteiger partial charge in [-0.3, -0.25) is 0 Å². The van der Waals surface area contributed by atoms with E-state index in [1.807, 2.05) is 0 Å². The number of hydrogen-bond acceptors (Lipinski definition) is 4. The van der Waals surface area contributed by atoms with E-state index in [4.69, 9.17) is 0 Å². The third-order valence-corrected chi connectivity index (χ3v) is 14.6. The smallest absolute Gasteiger partial charge is 0.00189 e. The topological polar surface area (TPSA) is 13.0 Å². The Balaban J connectivity index is 1.32. The fraction of sp³-hybridized carbons (Fsp3) is 1.00. The Morgan fingerprint density at radius 1 is 0.316 bits per heavy atom. The van der Waals surface area contributed by atoms with Crippen LogP contribution < -0.4 is 0 Å². The van der Waals surface area contributed by atoms with Gasteiger partial charge in [-0.2, -0.15) is 0 Å². The van der Waals surface area contributed by atoms with Crippen LogP contribution in [0.25, 0.3) is 0 Å². The lowest BCUT2D eigenvalue weighted by molar-refractivity contribution is -0.274. The SMILES string of the molecule is CN1CCC(C23CC4(C5CCN(C)CC5)CC(C5CCN(C)CC5)(C2)CC(C2CCN(C)CC2)(C3)C4)CC1. The molecular formula is C34H60N4. The summed E-state index contributed by atoms with van der Waals surface area (Å²) in [5.41, 5.74) is 2.64. The molecule has 4 saturated carbocycles. The summed E-state index contributed by atoms with van der Waals surface area (Å²) in [6.45, 7) is 10.9. The Hall–Kier alpha value is -0.160. The first-order valence-corrected chi connectivity index (χ1v) is 17.0. The zero-order valence-corrected chi connectivity index (χ0v) is 25.7. The van der Waals surface area contributed by atoms with Crippen LogP contribution in [0.5, 0.6) is 0 Å². The molecule has 4 saturated heterocycles. The second-order valence-corrected chi connectivity index (χ2v) is 16.8. The molecule has 0 unspecified atom stereocenters. The van der Waals surface area contributed by atoms with E-state index in [2.05, 4.69) is 47.8 Å². The minimum absolute atomic E-state index is 0.659. The normalized spacial score (nSPS) is 45.8. The molecule has 4 aliphatic heterocycles. The summed E-state index contributed by atoms with van der Waals surface area (Å²) < 4.78 is 0. The number of piperidine rings is 4. The molecule has 4 heteroatoms. The molecule has 0 aromatic heterocycles. The zero-order valence-electron chi connectivity index (χ0n) is 25.7. The highest BCUT2D eigenvalue weighted by Gasteiger charge is 2.72. The van der Waals surface area contributed by atoms with Crippen molar-refractivity contribution in [3.63, 3.8) is 0 Å². The van der Waals surface area contributed by atoms with Crippen molar-refractivity contribution in [1.82, 2.24) is 19.6 Å². The van der Waals surface area contributed by atoms with Crippen molar-refractivity contribution >= 4 is 0 Å². The predicted molar refractivity (Wildman–Crippen MR) is 158 cm³/mol. The van der Waals surface area contributed by atoms with Crippen LogP contribution in [-0.4, -0.2) is 100 Å². The maximum absolute atomic E-state index is 2.64. The van der Waals surface area contributed by atoms with Gasteiger partial charge in [-0.15, -0.1) is 0 Å². The van der Waals surface area contributed by atoms with Gasteiger partial charge in [-0.1, -0.05) is 0 Å². The molecule has 216 valence electrons. The Kier molecular flexibility index (Phi) is 6.82. The Bertz CT molecular complexity index is 663. The van der Waals surface area contributed by atoms with Gasteiger partial charge in [0.2, 0.25) is 0 Å². The summed E-state index contributed by atoms with van der Waals surface area (Å²) in [6.07, 6.45) is 21.7. The lowest BCUT2D eigenvalue weighted by atomic mass is 9.28. The highest BCUT2D eigenvalue weighted by molar-refractivity contribution is 5.22. The summed E-state index contributed by atoms with van der Waals surface area (Å²) in [5, 5.41) is 0. The van der Waals surface area contributed by atoms with Crippen LogP contribution in [-0.2, 0) is 0 Å². The lowest BCUT2D eigenvalue weighted by Crippen LogP contribution is -2.69. The summed E-state index contributed by atoms with van der Waals surface area (Å²) in [7, 11) is 9.54. The van der Waals surface area contributed by atoms with Crippen LogP contribution in [0, 0.1) is 45.3 Å². The van der Waals surface area contributed by atoms with Gasteiger partial charge in [0.1, 0.15) is 0 Å². The number of hydrogen-bond donors (Lipinski definition) is 0. The van der Waals surface area contributed by atoms with E-state index >= 15 is 0 Å². The van der Waals surface area contributed by atoms with Crippen molar-refractivity contribution in [3.8, 4) is 0 Å². The average molecular weight is 525 g/mol. The van der Waals surface area contributed by atoms with E-state index in [9.17, 15) is 0 Å². The van der Waals surface area contributed by atoms with Gasteiger partial charge in [0, 0.05) is 0 Å². The van der Waals surface area contributed by atoms with Crippen molar-refractivity contribution in [3.05, 3.63) is 0 Å². The van der Waals surface area contributed by atoms with Crippen molar-refractivity contribution in [2.45, 2.75) is 89.9 Å². The van der Waals surface area contributed by atoms with E-state index in [0.29, 0.717) is 21.7 Å². The fourth-order valence-corrected chi connectivity index (χ4v) is 13.2. The van der Waals surface area contributed by atoms with Crippen molar-refractivity contribution in [1.29, 1.82) is 0 Å². The molecule has 0 amide bonds. The molecule has 0 radical (unpaired) electrons. The van der Waals surface area contributed by atoms with Gasteiger partial charge in [-0.05, 0) is 216 Å². The van der Waals surface area contributed by atoms with E-state index in [1.165, 1.54) is 104 Å². The van der Waals surface area contributed by atoms with Gasteiger partial charge >= 0.3 is 0 Å². The molecule has 0 aromatic carbocycles. The first-order valence-electron chi connectivity index (χ1n) is 17.0. The Labute approximate surface area is 235 Å². The summed E-state index contributed by atoms with van der Waals surface area (Å²) in [6, 6.07) is 0. The molecule has 4 heterocycles. The predicted octanol–water partition coefficient (Wildman–Crippen LogP) is 5.68. The van der Waals surface area contributed by atoms with Crippen LogP contribution in [0.3, 0.4) is 0 Å². The van der Waals surface area contributed by atoms with Gasteiger partial charge in [0.25, 0.3) is 0 Å². The van der Waals surface area contributed by atoms with Crippen LogP contribution in [0.2, 0.25) is 0 Å². The summed E-state index contributed by atoms with van der Waals surface area (Å²) >= 11 is 0. The second kappa shape index (κ2) is 9.70. The molecule has 0 atom stereocenters. The zero-order chi connectivity index (χ0) is 26.2. The minimum Gasteiger partial charge on any atom is -0.306 e. The third-order valence-electron chi connectivity index (χ3n) is 14.6. The Morgan fingerprint density at radius 2 is 0.474 bits per heavy atom. The molecule has 8 aliphatic rings. The average Bonchev–Trinajstić information content (AvgIpc) is 2.89. The monoisotopic (exact) mass is 524 g/mol. The maximum atomic E-state index is 2.64. The molecule has 4 aliphatic carbocycles. The minimum atomic E-state index is 0.659. The molecule has 8 fully saturated rings. The van der Waals surface area contributed by atoms with Crippen LogP contribution in [0.1, 0.15) is 89.9 Å². The molecular weight excluding hydrogens is 464 g/mol. The second-order valence-electron chi connectivity index (χ2n) is 16.8. The van der Waals surface area contributed by atoms with Gasteiger partial charge in [-0.25, -0.2) is 0 Å². The molecule has 0 N–H and O–H groups in total. The highest BCUT2D eigenvalue weighted by Crippen LogP contribution is 2.81. The number of rotatable bonds is 4. The molecule has 8 rings (SSSR count). The first kappa shape index (κ1) is 26.7. The van der Waals surface area contributed by atoms with E-state index in [0.717, 1.165) is 23.7 Å². The largest absolute Gasteiger partial charge is 0.306 e. The molecule has 38 heavy (non-hydrogen) atoms. The molecule has 0 spiro atoms. The van der Waals surface area contributed by atoms with Gasteiger partial charge in [0.05, 0.1) is 0 Å².